The number of hydrogen-bond donors (Lipinski definition) is 3. The Labute approximate surface area is 158 Å². The van der Waals surface area contributed by atoms with Gasteiger partial charge in [0.1, 0.15) is 0 Å². The van der Waals surface area contributed by atoms with Crippen LogP contribution in [0.25, 0.3) is 16.5 Å². The molecule has 2 aromatic rings. The van der Waals surface area contributed by atoms with Gasteiger partial charge in [0, 0.05) is 42.1 Å². The van der Waals surface area contributed by atoms with Crippen molar-refractivity contribution in [3.63, 3.8) is 0 Å². The summed E-state index contributed by atoms with van der Waals surface area (Å²) in [7, 11) is 2.13. The number of nitrogens with one attached hydrogen (secondary N) is 1. The third-order valence-electron chi connectivity index (χ3n) is 5.59. The number of likely N-dealkylation sites (N-methyl/N-ethyl adjacent to an activating group) is 1. The van der Waals surface area contributed by atoms with Gasteiger partial charge in [-0.05, 0) is 36.2 Å². The molecule has 4 rings (SSSR count). The molecule has 1 aromatic carbocycles. The van der Waals surface area contributed by atoms with Gasteiger partial charge in [0.2, 0.25) is 11.8 Å². The Morgan fingerprint density at radius 2 is 2.00 bits per heavy atom. The van der Waals surface area contributed by atoms with Crippen LogP contribution in [-0.4, -0.2) is 65.9 Å². The zero-order valence-electron chi connectivity index (χ0n) is 15.4. The molecule has 1 aliphatic carbocycles. The van der Waals surface area contributed by atoms with Crippen LogP contribution in [0.2, 0.25) is 0 Å². The molecule has 2 heterocycles. The monoisotopic (exact) mass is 367 g/mol. The maximum atomic E-state index is 11.4. The lowest BCUT2D eigenvalue weighted by molar-refractivity contribution is -0.122. The second-order valence-electron chi connectivity index (χ2n) is 7.69. The molecule has 5 N–H and O–H groups in total. The molecule has 2 amide bonds. The van der Waals surface area contributed by atoms with E-state index in [0.717, 1.165) is 18.5 Å². The molecule has 2 aliphatic rings. The van der Waals surface area contributed by atoms with E-state index in [9.17, 15) is 9.59 Å². The normalized spacial score (nSPS) is 21.9. The molecule has 0 unspecified atom stereocenters. The van der Waals surface area contributed by atoms with E-state index in [1.165, 1.54) is 22.1 Å². The van der Waals surface area contributed by atoms with E-state index in [2.05, 4.69) is 47.4 Å². The summed E-state index contributed by atoms with van der Waals surface area (Å²) in [4.78, 5) is 30.2. The largest absolute Gasteiger partial charge is 0.369 e. The van der Waals surface area contributed by atoms with Crippen molar-refractivity contribution in [2.75, 3.05) is 33.2 Å². The summed E-state index contributed by atoms with van der Waals surface area (Å²) in [6, 6.07) is 6.71. The van der Waals surface area contributed by atoms with Crippen molar-refractivity contribution in [3.8, 4) is 0 Å². The lowest BCUT2D eigenvalue weighted by Gasteiger charge is -2.41. The maximum Gasteiger partial charge on any atom is 0.231 e. The number of aromatic nitrogens is 1. The molecule has 7 heteroatoms. The summed E-state index contributed by atoms with van der Waals surface area (Å²) < 4.78 is 0. The lowest BCUT2D eigenvalue weighted by Crippen LogP contribution is -2.47. The number of primary amides is 2. The molecule has 1 aromatic heterocycles. The van der Waals surface area contributed by atoms with Crippen LogP contribution in [0.15, 0.2) is 30.5 Å². The fourth-order valence-electron chi connectivity index (χ4n) is 4.62. The highest BCUT2D eigenvalue weighted by molar-refractivity contribution is 5.98. The number of nitrogens with zero attached hydrogens (tertiary/aromatic N) is 2. The predicted molar refractivity (Wildman–Crippen MR) is 105 cm³/mol. The molecule has 0 bridgehead atoms. The first kappa shape index (κ1) is 17.8. The number of H-pyrrole nitrogens is 1. The van der Waals surface area contributed by atoms with E-state index in [1.807, 2.05) is 0 Å². The topological polar surface area (TPSA) is 108 Å². The summed E-state index contributed by atoms with van der Waals surface area (Å²) in [5.74, 6) is -0.716. The van der Waals surface area contributed by atoms with Crippen molar-refractivity contribution in [3.05, 3.63) is 41.6 Å². The van der Waals surface area contributed by atoms with Gasteiger partial charge in [0.05, 0.1) is 13.1 Å². The van der Waals surface area contributed by atoms with E-state index >= 15 is 0 Å². The summed E-state index contributed by atoms with van der Waals surface area (Å²) in [6.07, 6.45) is 5.41. The first-order valence-corrected chi connectivity index (χ1v) is 9.22. The Morgan fingerprint density at radius 1 is 1.26 bits per heavy atom. The summed E-state index contributed by atoms with van der Waals surface area (Å²) >= 11 is 0. The van der Waals surface area contributed by atoms with Gasteiger partial charge in [0.25, 0.3) is 0 Å². The van der Waals surface area contributed by atoms with E-state index < -0.39 is 11.8 Å². The minimum Gasteiger partial charge on any atom is -0.369 e. The van der Waals surface area contributed by atoms with Crippen LogP contribution in [0.1, 0.15) is 11.1 Å². The number of carbonyl (C=O) groups is 2. The van der Waals surface area contributed by atoms with Gasteiger partial charge >= 0.3 is 0 Å². The van der Waals surface area contributed by atoms with Gasteiger partial charge < -0.3 is 16.5 Å². The SMILES string of the molecule is CN1C[C@@H](CN(CC(N)=O)CC(N)=O)C=C2c3cccc4[nH]cc(c34)C[C@H]21. The highest BCUT2D eigenvalue weighted by Gasteiger charge is 2.34. The van der Waals surface area contributed by atoms with Crippen molar-refractivity contribution in [2.24, 2.45) is 17.4 Å². The van der Waals surface area contributed by atoms with Gasteiger partial charge in [-0.3, -0.25) is 19.4 Å². The van der Waals surface area contributed by atoms with Crippen molar-refractivity contribution in [1.82, 2.24) is 14.8 Å². The predicted octanol–water partition coefficient (Wildman–Crippen LogP) is 0.310. The average Bonchev–Trinajstić information content (AvgIpc) is 2.99. The standard InChI is InChI=1S/C20H25N5O2/c1-24-8-12(9-25(10-18(21)26)11-19(22)27)5-15-14-3-2-4-16-20(14)13(7-23-16)6-17(15)24/h2-5,7,12,17,23H,6,8-11H2,1H3,(H2,21,26)(H2,22,27)/t12-,17+/m0/s1. The zero-order valence-corrected chi connectivity index (χ0v) is 15.4. The summed E-state index contributed by atoms with van der Waals surface area (Å²) in [5, 5.41) is 1.31. The first-order chi connectivity index (χ1) is 12.9. The van der Waals surface area contributed by atoms with Gasteiger partial charge in [-0.2, -0.15) is 0 Å². The molecular formula is C20H25N5O2. The molecular weight excluding hydrogens is 342 g/mol. The fourth-order valence-corrected chi connectivity index (χ4v) is 4.62. The minimum atomic E-state index is -0.453. The van der Waals surface area contributed by atoms with Crippen molar-refractivity contribution >= 4 is 28.3 Å². The van der Waals surface area contributed by atoms with Crippen LogP contribution < -0.4 is 11.5 Å². The van der Waals surface area contributed by atoms with Crippen molar-refractivity contribution < 1.29 is 9.59 Å². The van der Waals surface area contributed by atoms with Crippen LogP contribution >= 0.6 is 0 Å². The number of amides is 2. The molecule has 2 atom stereocenters. The van der Waals surface area contributed by atoms with Crippen LogP contribution in [0.3, 0.4) is 0 Å². The second-order valence-corrected chi connectivity index (χ2v) is 7.69. The van der Waals surface area contributed by atoms with Crippen molar-refractivity contribution in [2.45, 2.75) is 12.5 Å². The summed E-state index contributed by atoms with van der Waals surface area (Å²) in [6.45, 7) is 1.50. The molecule has 1 aliphatic heterocycles. The van der Waals surface area contributed by atoms with E-state index in [-0.39, 0.29) is 19.0 Å². The van der Waals surface area contributed by atoms with Crippen LogP contribution in [-0.2, 0) is 16.0 Å². The Hall–Kier alpha value is -2.64. The highest BCUT2D eigenvalue weighted by atomic mass is 16.2. The number of aromatic amines is 1. The van der Waals surface area contributed by atoms with Gasteiger partial charge in [-0.15, -0.1) is 0 Å². The minimum absolute atomic E-state index is 0.0350. The van der Waals surface area contributed by atoms with Gasteiger partial charge in [-0.25, -0.2) is 0 Å². The van der Waals surface area contributed by atoms with Gasteiger partial charge in [-0.1, -0.05) is 18.2 Å². The zero-order chi connectivity index (χ0) is 19.1. The summed E-state index contributed by atoms with van der Waals surface area (Å²) in [5.41, 5.74) is 15.8. The number of benzene rings is 1. The van der Waals surface area contributed by atoms with Crippen LogP contribution in [0, 0.1) is 5.92 Å². The Kier molecular flexibility index (Phi) is 4.49. The molecule has 0 radical (unpaired) electrons. The lowest BCUT2D eigenvalue weighted by atomic mass is 9.80. The highest BCUT2D eigenvalue weighted by Crippen LogP contribution is 2.40. The van der Waals surface area contributed by atoms with Crippen molar-refractivity contribution in [1.29, 1.82) is 0 Å². The molecule has 0 saturated heterocycles. The van der Waals surface area contributed by atoms with Crippen LogP contribution in [0.5, 0.6) is 0 Å². The first-order valence-electron chi connectivity index (χ1n) is 9.22. The molecule has 7 nitrogen and oxygen atoms in total. The molecule has 0 saturated carbocycles. The van der Waals surface area contributed by atoms with Crippen LogP contribution in [0.4, 0.5) is 0 Å². The molecule has 142 valence electrons. The third kappa shape index (κ3) is 3.36. The Morgan fingerprint density at radius 3 is 2.70 bits per heavy atom. The Balaban J connectivity index is 1.66. The number of nitrogens with two attached hydrogens (primary N) is 2. The number of carbonyl (C=O) groups excluding carboxylic acids is 2. The van der Waals surface area contributed by atoms with E-state index in [4.69, 9.17) is 11.5 Å². The number of hydrogen-bond acceptors (Lipinski definition) is 4. The number of rotatable bonds is 6. The maximum absolute atomic E-state index is 11.4. The third-order valence-corrected chi connectivity index (χ3v) is 5.59. The van der Waals surface area contributed by atoms with E-state index in [1.54, 1.807) is 4.90 Å². The second kappa shape index (κ2) is 6.83. The molecule has 27 heavy (non-hydrogen) atoms. The Bertz CT molecular complexity index is 916. The average molecular weight is 367 g/mol. The fraction of sp³-hybridized carbons (Fsp3) is 0.400. The quantitative estimate of drug-likeness (QED) is 0.683. The van der Waals surface area contributed by atoms with Gasteiger partial charge in [0.15, 0.2) is 0 Å². The molecule has 0 spiro atoms. The smallest absolute Gasteiger partial charge is 0.231 e. The molecule has 0 fully saturated rings. The number of fused-ring (bicyclic) bond motifs is 2. The van der Waals surface area contributed by atoms with E-state index in [0.29, 0.717) is 12.6 Å².